The van der Waals surface area contributed by atoms with E-state index < -0.39 is 0 Å². The fourth-order valence-electron chi connectivity index (χ4n) is 2.48. The van der Waals surface area contributed by atoms with Crippen LogP contribution in [-0.4, -0.2) is 30.5 Å². The first-order valence-electron chi connectivity index (χ1n) is 8.15. The quantitative estimate of drug-likeness (QED) is 0.770. The zero-order valence-electron chi connectivity index (χ0n) is 14.5. The predicted octanol–water partition coefficient (Wildman–Crippen LogP) is 2.02. The van der Waals surface area contributed by atoms with E-state index in [-0.39, 0.29) is 24.3 Å². The monoisotopic (exact) mass is 341 g/mol. The maximum atomic E-state index is 12.2. The number of amides is 2. The van der Waals surface area contributed by atoms with Crippen molar-refractivity contribution in [2.75, 3.05) is 13.7 Å². The number of nitrogens with zero attached hydrogens (tertiary/aromatic N) is 1. The standard InChI is InChI=1S/C19H23N3O3/c1-14(23)22-18(16-5-7-17(25-2)8-6-16)12-19(24)21-11-9-15-4-3-10-20-13-15/h3-8,10,13,18H,9,11-12H2,1-2H3,(H,21,24)(H,22,23). The minimum absolute atomic E-state index is 0.113. The van der Waals surface area contributed by atoms with Crippen LogP contribution in [0.15, 0.2) is 48.8 Å². The number of hydrogen-bond acceptors (Lipinski definition) is 4. The summed E-state index contributed by atoms with van der Waals surface area (Å²) in [6.07, 6.45) is 4.39. The Kier molecular flexibility index (Phi) is 6.95. The molecule has 2 aromatic rings. The Hall–Kier alpha value is -2.89. The van der Waals surface area contributed by atoms with Crippen LogP contribution in [0.5, 0.6) is 5.75 Å². The number of aromatic nitrogens is 1. The molecule has 132 valence electrons. The molecule has 0 spiro atoms. The Balaban J connectivity index is 1.91. The Morgan fingerprint density at radius 3 is 2.56 bits per heavy atom. The average molecular weight is 341 g/mol. The van der Waals surface area contributed by atoms with Crippen molar-refractivity contribution in [3.63, 3.8) is 0 Å². The number of carbonyl (C=O) groups excluding carboxylic acids is 2. The van der Waals surface area contributed by atoms with Gasteiger partial charge in [0, 0.05) is 25.9 Å². The van der Waals surface area contributed by atoms with Gasteiger partial charge in [-0.15, -0.1) is 0 Å². The summed E-state index contributed by atoms with van der Waals surface area (Å²) in [6.45, 7) is 1.97. The van der Waals surface area contributed by atoms with Gasteiger partial charge in [0.2, 0.25) is 11.8 Å². The average Bonchev–Trinajstić information content (AvgIpc) is 2.62. The molecule has 25 heavy (non-hydrogen) atoms. The van der Waals surface area contributed by atoms with Crippen LogP contribution in [0.2, 0.25) is 0 Å². The molecule has 0 bridgehead atoms. The lowest BCUT2D eigenvalue weighted by atomic mass is 10.0. The zero-order chi connectivity index (χ0) is 18.1. The van der Waals surface area contributed by atoms with Gasteiger partial charge in [-0.1, -0.05) is 18.2 Å². The van der Waals surface area contributed by atoms with Gasteiger partial charge >= 0.3 is 0 Å². The first kappa shape index (κ1) is 18.4. The molecule has 6 nitrogen and oxygen atoms in total. The van der Waals surface area contributed by atoms with E-state index in [0.29, 0.717) is 13.0 Å². The largest absolute Gasteiger partial charge is 0.497 e. The van der Waals surface area contributed by atoms with Gasteiger partial charge in [-0.05, 0) is 35.7 Å². The molecule has 0 radical (unpaired) electrons. The lowest BCUT2D eigenvalue weighted by Crippen LogP contribution is -2.33. The van der Waals surface area contributed by atoms with Crippen molar-refractivity contribution in [3.8, 4) is 5.75 Å². The number of pyridine rings is 1. The van der Waals surface area contributed by atoms with E-state index in [4.69, 9.17) is 4.74 Å². The fourth-order valence-corrected chi connectivity index (χ4v) is 2.48. The third kappa shape index (κ3) is 6.25. The minimum atomic E-state index is -0.373. The highest BCUT2D eigenvalue weighted by Gasteiger charge is 2.17. The van der Waals surface area contributed by atoms with E-state index >= 15 is 0 Å². The maximum absolute atomic E-state index is 12.2. The highest BCUT2D eigenvalue weighted by Crippen LogP contribution is 2.20. The number of benzene rings is 1. The lowest BCUT2D eigenvalue weighted by molar-refractivity contribution is -0.122. The molecule has 0 aliphatic rings. The normalized spacial score (nSPS) is 11.4. The van der Waals surface area contributed by atoms with Gasteiger partial charge in [0.05, 0.1) is 19.6 Å². The van der Waals surface area contributed by atoms with Crippen LogP contribution in [0.3, 0.4) is 0 Å². The summed E-state index contributed by atoms with van der Waals surface area (Å²) in [4.78, 5) is 27.7. The van der Waals surface area contributed by atoms with Gasteiger partial charge in [-0.3, -0.25) is 14.6 Å². The first-order valence-corrected chi connectivity index (χ1v) is 8.15. The molecule has 1 atom stereocenters. The molecule has 1 aromatic heterocycles. The molecule has 2 rings (SSSR count). The van der Waals surface area contributed by atoms with Crippen molar-refractivity contribution >= 4 is 11.8 Å². The SMILES string of the molecule is COc1ccc(C(CC(=O)NCCc2cccnc2)NC(C)=O)cc1. The fraction of sp³-hybridized carbons (Fsp3) is 0.316. The number of carbonyl (C=O) groups is 2. The first-order chi connectivity index (χ1) is 12.1. The molecule has 0 aliphatic carbocycles. The minimum Gasteiger partial charge on any atom is -0.497 e. The van der Waals surface area contributed by atoms with Crippen molar-refractivity contribution in [1.82, 2.24) is 15.6 Å². The van der Waals surface area contributed by atoms with Crippen LogP contribution in [0, 0.1) is 0 Å². The summed E-state index contributed by atoms with van der Waals surface area (Å²) in [7, 11) is 1.59. The van der Waals surface area contributed by atoms with E-state index in [1.165, 1.54) is 6.92 Å². The molecule has 0 fully saturated rings. The summed E-state index contributed by atoms with van der Waals surface area (Å²) < 4.78 is 5.13. The van der Waals surface area contributed by atoms with Gasteiger partial charge in [-0.2, -0.15) is 0 Å². The third-order valence-electron chi connectivity index (χ3n) is 3.74. The predicted molar refractivity (Wildman–Crippen MR) is 95.1 cm³/mol. The molecule has 6 heteroatoms. The van der Waals surface area contributed by atoms with Crippen LogP contribution >= 0.6 is 0 Å². The van der Waals surface area contributed by atoms with Crippen molar-refractivity contribution < 1.29 is 14.3 Å². The van der Waals surface area contributed by atoms with Gasteiger partial charge in [0.15, 0.2) is 0 Å². The highest BCUT2D eigenvalue weighted by atomic mass is 16.5. The molecule has 1 aromatic carbocycles. The molecular formula is C19H23N3O3. The zero-order valence-corrected chi connectivity index (χ0v) is 14.5. The van der Waals surface area contributed by atoms with E-state index in [1.807, 2.05) is 36.4 Å². The molecule has 2 N–H and O–H groups in total. The van der Waals surface area contributed by atoms with Crippen molar-refractivity contribution in [3.05, 3.63) is 59.9 Å². The van der Waals surface area contributed by atoms with E-state index in [9.17, 15) is 9.59 Å². The lowest BCUT2D eigenvalue weighted by Gasteiger charge is -2.18. The summed E-state index contributed by atoms with van der Waals surface area (Å²) in [5.41, 5.74) is 1.93. The van der Waals surface area contributed by atoms with Crippen molar-refractivity contribution in [2.45, 2.75) is 25.8 Å². The van der Waals surface area contributed by atoms with Gasteiger partial charge < -0.3 is 15.4 Å². The molecule has 0 aliphatic heterocycles. The summed E-state index contributed by atoms with van der Waals surface area (Å²) >= 11 is 0. The van der Waals surface area contributed by atoms with Gasteiger partial charge in [0.1, 0.15) is 5.75 Å². The number of hydrogen-bond donors (Lipinski definition) is 2. The van der Waals surface area contributed by atoms with Crippen LogP contribution in [0.4, 0.5) is 0 Å². The third-order valence-corrected chi connectivity index (χ3v) is 3.74. The van der Waals surface area contributed by atoms with Crippen molar-refractivity contribution in [1.29, 1.82) is 0 Å². The summed E-state index contributed by atoms with van der Waals surface area (Å²) in [5.74, 6) is 0.439. The molecule has 2 amide bonds. The van der Waals surface area contributed by atoms with E-state index in [2.05, 4.69) is 15.6 Å². The Morgan fingerprint density at radius 2 is 1.96 bits per heavy atom. The Bertz CT molecular complexity index is 687. The van der Waals surface area contributed by atoms with Crippen LogP contribution in [-0.2, 0) is 16.0 Å². The van der Waals surface area contributed by atoms with Crippen LogP contribution in [0.1, 0.15) is 30.5 Å². The second-order valence-corrected chi connectivity index (χ2v) is 5.69. The molecule has 1 heterocycles. The van der Waals surface area contributed by atoms with E-state index in [1.54, 1.807) is 19.5 Å². The number of rotatable bonds is 8. The Labute approximate surface area is 147 Å². The van der Waals surface area contributed by atoms with Gasteiger partial charge in [0.25, 0.3) is 0 Å². The van der Waals surface area contributed by atoms with Crippen LogP contribution < -0.4 is 15.4 Å². The van der Waals surface area contributed by atoms with Crippen LogP contribution in [0.25, 0.3) is 0 Å². The maximum Gasteiger partial charge on any atom is 0.222 e. The molecule has 1 unspecified atom stereocenters. The van der Waals surface area contributed by atoms with E-state index in [0.717, 1.165) is 16.9 Å². The second-order valence-electron chi connectivity index (χ2n) is 5.69. The molecule has 0 saturated carbocycles. The smallest absolute Gasteiger partial charge is 0.222 e. The summed E-state index contributed by atoms with van der Waals surface area (Å²) in [6, 6.07) is 10.8. The summed E-state index contributed by atoms with van der Waals surface area (Å²) in [5, 5.41) is 5.71. The Morgan fingerprint density at radius 1 is 1.20 bits per heavy atom. The second kappa shape index (κ2) is 9.42. The molecular weight excluding hydrogens is 318 g/mol. The molecule has 0 saturated heterocycles. The number of ether oxygens (including phenoxy) is 1. The number of nitrogens with one attached hydrogen (secondary N) is 2. The topological polar surface area (TPSA) is 80.3 Å². The van der Waals surface area contributed by atoms with Gasteiger partial charge in [-0.25, -0.2) is 0 Å². The highest BCUT2D eigenvalue weighted by molar-refractivity contribution is 5.79. The van der Waals surface area contributed by atoms with Crippen molar-refractivity contribution in [2.24, 2.45) is 0 Å². The number of methoxy groups -OCH3 is 1.